The molecule has 3 aromatic carbocycles. The first-order chi connectivity index (χ1) is 19.1. The molecule has 1 amide bonds. The van der Waals surface area contributed by atoms with Crippen molar-refractivity contribution in [2.45, 2.75) is 76.7 Å². The van der Waals surface area contributed by atoms with Crippen molar-refractivity contribution in [3.8, 4) is 17.2 Å². The molecule has 0 bridgehead atoms. The standard InChI is InChI=1S/C33H34BN3O3/c1-31(2)32(3,4)40-34(39-31)27-17-16-26(21-35)28(20-27)24-14-12-23(13-15-24)22-37-29(25-10-6-5-7-11-25)36-33(30(37)38)18-8-9-19-33/h5-7,10-17,20H,8-9,18-19,22H2,1-4H3. The third-order valence-electron chi connectivity index (χ3n) is 8.98. The van der Waals surface area contributed by atoms with E-state index in [1.807, 2.05) is 105 Å². The summed E-state index contributed by atoms with van der Waals surface area (Å²) >= 11 is 0. The van der Waals surface area contributed by atoms with Gasteiger partial charge in [-0.3, -0.25) is 14.7 Å². The lowest BCUT2D eigenvalue weighted by Gasteiger charge is -2.32. The van der Waals surface area contributed by atoms with E-state index in [0.717, 1.165) is 59.2 Å². The van der Waals surface area contributed by atoms with Crippen LogP contribution in [0.1, 0.15) is 70.1 Å². The maximum Gasteiger partial charge on any atom is 0.494 e. The molecule has 0 radical (unpaired) electrons. The molecule has 3 aliphatic rings. The smallest absolute Gasteiger partial charge is 0.399 e. The van der Waals surface area contributed by atoms with Crippen LogP contribution in [0.3, 0.4) is 0 Å². The van der Waals surface area contributed by atoms with Gasteiger partial charge in [-0.25, -0.2) is 0 Å². The van der Waals surface area contributed by atoms with E-state index in [2.05, 4.69) is 6.07 Å². The van der Waals surface area contributed by atoms with Crippen molar-refractivity contribution in [2.24, 2.45) is 4.99 Å². The Balaban J connectivity index is 1.27. The van der Waals surface area contributed by atoms with Crippen molar-refractivity contribution in [2.75, 3.05) is 0 Å². The highest BCUT2D eigenvalue weighted by atomic mass is 16.7. The second-order valence-electron chi connectivity index (χ2n) is 12.1. The molecule has 1 saturated heterocycles. The average molecular weight is 531 g/mol. The summed E-state index contributed by atoms with van der Waals surface area (Å²) in [5.41, 5.74) is 3.70. The summed E-state index contributed by atoms with van der Waals surface area (Å²) in [4.78, 5) is 20.6. The van der Waals surface area contributed by atoms with Gasteiger partial charge in [0.1, 0.15) is 11.4 Å². The van der Waals surface area contributed by atoms with Gasteiger partial charge in [-0.2, -0.15) is 5.26 Å². The lowest BCUT2D eigenvalue weighted by atomic mass is 9.77. The van der Waals surface area contributed by atoms with Crippen LogP contribution >= 0.6 is 0 Å². The zero-order valence-electron chi connectivity index (χ0n) is 23.6. The highest BCUT2D eigenvalue weighted by Crippen LogP contribution is 2.41. The maximum atomic E-state index is 13.7. The van der Waals surface area contributed by atoms with Crippen molar-refractivity contribution in [3.63, 3.8) is 0 Å². The zero-order valence-corrected chi connectivity index (χ0v) is 23.6. The lowest BCUT2D eigenvalue weighted by molar-refractivity contribution is -0.131. The Morgan fingerprint density at radius 2 is 1.55 bits per heavy atom. The van der Waals surface area contributed by atoms with E-state index in [4.69, 9.17) is 14.3 Å². The third-order valence-corrected chi connectivity index (χ3v) is 8.98. The molecule has 3 aromatic rings. The van der Waals surface area contributed by atoms with Gasteiger partial charge in [-0.15, -0.1) is 0 Å². The number of hydrogen-bond acceptors (Lipinski definition) is 5. The first kappa shape index (κ1) is 26.5. The van der Waals surface area contributed by atoms with E-state index >= 15 is 0 Å². The van der Waals surface area contributed by atoms with Crippen LogP contribution in [0.15, 0.2) is 77.8 Å². The zero-order chi connectivity index (χ0) is 28.1. The van der Waals surface area contributed by atoms with E-state index in [0.29, 0.717) is 12.1 Å². The van der Waals surface area contributed by atoms with Gasteiger partial charge in [0.15, 0.2) is 0 Å². The summed E-state index contributed by atoms with van der Waals surface area (Å²) in [7, 11) is -0.504. The Morgan fingerprint density at radius 1 is 0.900 bits per heavy atom. The largest absolute Gasteiger partial charge is 0.494 e. The fraction of sp³-hybridized carbons (Fsp3) is 0.364. The quantitative estimate of drug-likeness (QED) is 0.400. The van der Waals surface area contributed by atoms with Gasteiger partial charge >= 0.3 is 7.12 Å². The molecule has 0 N–H and O–H groups in total. The molecule has 40 heavy (non-hydrogen) atoms. The number of hydrogen-bond donors (Lipinski definition) is 0. The van der Waals surface area contributed by atoms with E-state index in [1.165, 1.54) is 0 Å². The van der Waals surface area contributed by atoms with Crippen LogP contribution < -0.4 is 5.46 Å². The Bertz CT molecular complexity index is 1500. The molecular formula is C33H34BN3O3. The van der Waals surface area contributed by atoms with Gasteiger partial charge in [-0.1, -0.05) is 79.6 Å². The second kappa shape index (κ2) is 9.73. The highest BCUT2D eigenvalue weighted by molar-refractivity contribution is 6.62. The van der Waals surface area contributed by atoms with Crippen LogP contribution in [0.25, 0.3) is 11.1 Å². The lowest BCUT2D eigenvalue weighted by Crippen LogP contribution is -2.41. The van der Waals surface area contributed by atoms with Gasteiger partial charge in [0, 0.05) is 5.56 Å². The molecule has 6 rings (SSSR count). The van der Waals surface area contributed by atoms with Gasteiger partial charge in [0.2, 0.25) is 0 Å². The Labute approximate surface area is 236 Å². The number of amidine groups is 1. The second-order valence-corrected chi connectivity index (χ2v) is 12.1. The van der Waals surface area contributed by atoms with Crippen LogP contribution in [0.2, 0.25) is 0 Å². The van der Waals surface area contributed by atoms with Gasteiger partial charge in [0.05, 0.1) is 29.4 Å². The molecule has 0 aromatic heterocycles. The molecule has 202 valence electrons. The number of aliphatic imine (C=N–C) groups is 1. The molecule has 2 aliphatic heterocycles. The molecule has 7 heteroatoms. The van der Waals surface area contributed by atoms with Gasteiger partial charge in [0.25, 0.3) is 5.91 Å². The number of amides is 1. The molecule has 0 unspecified atom stereocenters. The summed E-state index contributed by atoms with van der Waals surface area (Å²) in [5, 5.41) is 9.84. The summed E-state index contributed by atoms with van der Waals surface area (Å²) in [6.07, 6.45) is 3.69. The topological polar surface area (TPSA) is 74.9 Å². The number of carbonyl (C=O) groups excluding carboxylic acids is 1. The minimum absolute atomic E-state index is 0.106. The average Bonchev–Trinajstić information content (AvgIpc) is 3.60. The van der Waals surface area contributed by atoms with Crippen LogP contribution in [0.4, 0.5) is 0 Å². The van der Waals surface area contributed by atoms with Crippen LogP contribution in [0, 0.1) is 11.3 Å². The minimum Gasteiger partial charge on any atom is -0.399 e. The SMILES string of the molecule is CC1(C)OB(c2ccc(C#N)c(-c3ccc(CN4C(=O)C5(CCCC5)N=C4c4ccccc4)cc3)c2)OC1(C)C. The van der Waals surface area contributed by atoms with E-state index in [-0.39, 0.29) is 5.91 Å². The Morgan fingerprint density at radius 3 is 2.17 bits per heavy atom. The molecule has 1 spiro atoms. The molecule has 2 heterocycles. The van der Waals surface area contributed by atoms with Crippen molar-refractivity contribution in [1.82, 2.24) is 4.90 Å². The number of benzene rings is 3. The fourth-order valence-corrected chi connectivity index (χ4v) is 5.89. The molecule has 6 nitrogen and oxygen atoms in total. The summed E-state index contributed by atoms with van der Waals surface area (Å²) < 4.78 is 12.5. The molecule has 1 aliphatic carbocycles. The molecular weight excluding hydrogens is 497 g/mol. The van der Waals surface area contributed by atoms with E-state index in [9.17, 15) is 10.1 Å². The predicted molar refractivity (Wildman–Crippen MR) is 157 cm³/mol. The normalized spacial score (nSPS) is 20.7. The van der Waals surface area contributed by atoms with Crippen LogP contribution in [0.5, 0.6) is 0 Å². The van der Waals surface area contributed by atoms with E-state index < -0.39 is 23.9 Å². The summed E-state index contributed by atoms with van der Waals surface area (Å²) in [6.45, 7) is 8.58. The number of nitriles is 1. The van der Waals surface area contributed by atoms with Crippen molar-refractivity contribution < 1.29 is 14.1 Å². The molecule has 1 saturated carbocycles. The van der Waals surface area contributed by atoms with Gasteiger partial charge in [-0.05, 0) is 68.8 Å². The first-order valence-electron chi connectivity index (χ1n) is 14.1. The summed E-state index contributed by atoms with van der Waals surface area (Å²) in [6, 6.07) is 26.1. The fourth-order valence-electron chi connectivity index (χ4n) is 5.89. The number of rotatable bonds is 5. The highest BCUT2D eigenvalue weighted by Gasteiger charge is 2.52. The molecule has 0 atom stereocenters. The minimum atomic E-state index is -0.610. The summed E-state index contributed by atoms with van der Waals surface area (Å²) in [5.74, 6) is 0.869. The van der Waals surface area contributed by atoms with Crippen LogP contribution in [-0.2, 0) is 20.6 Å². The van der Waals surface area contributed by atoms with Crippen molar-refractivity contribution >= 4 is 24.3 Å². The first-order valence-corrected chi connectivity index (χ1v) is 14.1. The van der Waals surface area contributed by atoms with E-state index in [1.54, 1.807) is 0 Å². The van der Waals surface area contributed by atoms with Crippen LogP contribution in [-0.4, -0.2) is 40.5 Å². The number of nitrogens with zero attached hydrogens (tertiary/aromatic N) is 3. The number of carbonyl (C=O) groups is 1. The predicted octanol–water partition coefficient (Wildman–Crippen LogP) is 5.63. The van der Waals surface area contributed by atoms with Crippen molar-refractivity contribution in [3.05, 3.63) is 89.5 Å². The molecule has 2 fully saturated rings. The van der Waals surface area contributed by atoms with Crippen molar-refractivity contribution in [1.29, 1.82) is 5.26 Å². The third kappa shape index (κ3) is 4.46. The Hall–Kier alpha value is -3.73. The maximum absolute atomic E-state index is 13.7. The monoisotopic (exact) mass is 531 g/mol. The van der Waals surface area contributed by atoms with Gasteiger partial charge < -0.3 is 9.31 Å². The Kier molecular flexibility index (Phi) is 6.44.